The van der Waals surface area contributed by atoms with E-state index in [4.69, 9.17) is 9.47 Å². The van der Waals surface area contributed by atoms with Crippen molar-refractivity contribution in [2.75, 3.05) is 13.7 Å². The van der Waals surface area contributed by atoms with Crippen LogP contribution in [0.3, 0.4) is 0 Å². The van der Waals surface area contributed by atoms with Gasteiger partial charge in [0.15, 0.2) is 5.03 Å². The number of hydroxylamine groups is 1. The van der Waals surface area contributed by atoms with Gasteiger partial charge < -0.3 is 9.47 Å². The Labute approximate surface area is 194 Å². The maximum Gasteiger partial charge on any atom is 0.236 e. The first-order valence-electron chi connectivity index (χ1n) is 11.0. The molecule has 0 saturated heterocycles. The first-order chi connectivity index (χ1) is 15.8. The van der Waals surface area contributed by atoms with Gasteiger partial charge in [-0.1, -0.05) is 5.17 Å². The SMILES string of the molecule is CCOC1CCC(CC(=O)NN(O)Cc2ccnc(S(=O)(=O)c3ccc(OC)cc3)c2)CC1. The molecule has 0 atom stereocenters. The highest BCUT2D eigenvalue weighted by Crippen LogP contribution is 2.28. The molecule has 3 rings (SSSR count). The van der Waals surface area contributed by atoms with Gasteiger partial charge in [0.25, 0.3) is 0 Å². The van der Waals surface area contributed by atoms with Crippen molar-refractivity contribution in [3.63, 3.8) is 0 Å². The number of nitrogens with one attached hydrogen (secondary N) is 1. The number of nitrogens with zero attached hydrogens (tertiary/aromatic N) is 2. The smallest absolute Gasteiger partial charge is 0.236 e. The number of sulfone groups is 1. The van der Waals surface area contributed by atoms with E-state index in [0.29, 0.717) is 29.5 Å². The molecule has 0 aliphatic heterocycles. The van der Waals surface area contributed by atoms with E-state index in [-0.39, 0.29) is 34.4 Å². The number of carbonyl (C=O) groups is 1. The van der Waals surface area contributed by atoms with Crippen LogP contribution in [0.4, 0.5) is 0 Å². The number of hydrogen-bond donors (Lipinski definition) is 2. The average Bonchev–Trinajstić information content (AvgIpc) is 2.80. The van der Waals surface area contributed by atoms with Gasteiger partial charge in [-0.3, -0.25) is 15.4 Å². The van der Waals surface area contributed by atoms with Gasteiger partial charge in [-0.15, -0.1) is 0 Å². The Hall–Kier alpha value is -2.53. The molecule has 0 spiro atoms. The van der Waals surface area contributed by atoms with Crippen molar-refractivity contribution in [2.24, 2.45) is 5.92 Å². The third-order valence-corrected chi connectivity index (χ3v) is 7.37. The van der Waals surface area contributed by atoms with Crippen LogP contribution in [0.15, 0.2) is 52.5 Å². The number of aromatic nitrogens is 1. The summed E-state index contributed by atoms with van der Waals surface area (Å²) in [7, 11) is -2.34. The highest BCUT2D eigenvalue weighted by atomic mass is 32.2. The number of hydrogen-bond acceptors (Lipinski definition) is 8. The molecule has 0 bridgehead atoms. The predicted octanol–water partition coefficient (Wildman–Crippen LogP) is 3.13. The number of ether oxygens (including phenoxy) is 2. The fraction of sp³-hybridized carbons (Fsp3) is 0.478. The lowest BCUT2D eigenvalue weighted by molar-refractivity contribution is -0.166. The van der Waals surface area contributed by atoms with Crippen molar-refractivity contribution in [2.45, 2.75) is 61.6 Å². The molecule has 1 aromatic heterocycles. The summed E-state index contributed by atoms with van der Waals surface area (Å²) in [6.07, 6.45) is 5.68. The Morgan fingerprint density at radius 1 is 1.18 bits per heavy atom. The van der Waals surface area contributed by atoms with Crippen molar-refractivity contribution in [1.82, 2.24) is 15.6 Å². The summed E-state index contributed by atoms with van der Waals surface area (Å²) in [5.74, 6) is 0.527. The van der Waals surface area contributed by atoms with Crippen molar-refractivity contribution in [1.29, 1.82) is 0 Å². The number of benzene rings is 1. The lowest BCUT2D eigenvalue weighted by Crippen LogP contribution is -2.40. The summed E-state index contributed by atoms with van der Waals surface area (Å²) < 4.78 is 36.5. The van der Waals surface area contributed by atoms with Crippen LogP contribution in [0.2, 0.25) is 0 Å². The fourth-order valence-corrected chi connectivity index (χ4v) is 5.22. The second-order valence-electron chi connectivity index (χ2n) is 8.08. The summed E-state index contributed by atoms with van der Waals surface area (Å²) >= 11 is 0. The first-order valence-corrected chi connectivity index (χ1v) is 12.5. The molecular weight excluding hydrogens is 446 g/mol. The third kappa shape index (κ3) is 6.97. The number of hydrazine groups is 1. The molecule has 1 saturated carbocycles. The number of amides is 1. The molecular formula is C23H31N3O6S. The molecule has 9 nitrogen and oxygen atoms in total. The Morgan fingerprint density at radius 3 is 2.52 bits per heavy atom. The van der Waals surface area contributed by atoms with Crippen LogP contribution < -0.4 is 10.2 Å². The maximum absolute atomic E-state index is 12.9. The zero-order chi connectivity index (χ0) is 23.8. The van der Waals surface area contributed by atoms with Crippen molar-refractivity contribution < 1.29 is 27.9 Å². The Kier molecular flexibility index (Phi) is 8.79. The molecule has 2 N–H and O–H groups in total. The molecule has 1 amide bonds. The monoisotopic (exact) mass is 477 g/mol. The number of carbonyl (C=O) groups excluding carboxylic acids is 1. The van der Waals surface area contributed by atoms with Gasteiger partial charge in [-0.2, -0.15) is 0 Å². The second-order valence-corrected chi connectivity index (χ2v) is 9.97. The maximum atomic E-state index is 12.9. The van der Waals surface area contributed by atoms with Gasteiger partial charge in [0, 0.05) is 19.2 Å². The van der Waals surface area contributed by atoms with Crippen LogP contribution in [-0.4, -0.2) is 49.5 Å². The summed E-state index contributed by atoms with van der Waals surface area (Å²) in [6.45, 7) is 2.60. The summed E-state index contributed by atoms with van der Waals surface area (Å²) in [4.78, 5) is 16.4. The van der Waals surface area contributed by atoms with Crippen LogP contribution >= 0.6 is 0 Å². The van der Waals surface area contributed by atoms with Crippen molar-refractivity contribution in [3.05, 3.63) is 48.2 Å². The summed E-state index contributed by atoms with van der Waals surface area (Å²) in [6, 6.07) is 8.98. The molecule has 1 heterocycles. The summed E-state index contributed by atoms with van der Waals surface area (Å²) in [5, 5.41) is 10.7. The van der Waals surface area contributed by atoms with Crippen LogP contribution in [0, 0.1) is 5.92 Å². The zero-order valence-corrected chi connectivity index (χ0v) is 19.8. The van der Waals surface area contributed by atoms with Gasteiger partial charge >= 0.3 is 0 Å². The molecule has 2 aromatic rings. The second kappa shape index (κ2) is 11.6. The first kappa shape index (κ1) is 25.1. The van der Waals surface area contributed by atoms with Crippen LogP contribution in [0.5, 0.6) is 5.75 Å². The average molecular weight is 478 g/mol. The topological polar surface area (TPSA) is 118 Å². The zero-order valence-electron chi connectivity index (χ0n) is 18.9. The third-order valence-electron chi connectivity index (χ3n) is 5.70. The van der Waals surface area contributed by atoms with E-state index in [9.17, 15) is 18.4 Å². The molecule has 1 aliphatic carbocycles. The lowest BCUT2D eigenvalue weighted by atomic mass is 9.85. The minimum Gasteiger partial charge on any atom is -0.497 e. The molecule has 1 fully saturated rings. The molecule has 0 radical (unpaired) electrons. The van der Waals surface area contributed by atoms with Gasteiger partial charge in [-0.05, 0) is 80.5 Å². The predicted molar refractivity (Wildman–Crippen MR) is 120 cm³/mol. The molecule has 10 heteroatoms. The van der Waals surface area contributed by atoms with Crippen LogP contribution in [-0.2, 0) is 25.9 Å². The van der Waals surface area contributed by atoms with Crippen LogP contribution in [0.25, 0.3) is 0 Å². The lowest BCUT2D eigenvalue weighted by Gasteiger charge is -2.28. The van der Waals surface area contributed by atoms with Gasteiger partial charge in [0.1, 0.15) is 5.75 Å². The van der Waals surface area contributed by atoms with Crippen molar-refractivity contribution in [3.8, 4) is 5.75 Å². The number of methoxy groups -OCH3 is 1. The van der Waals surface area contributed by atoms with Gasteiger partial charge in [0.2, 0.25) is 15.7 Å². The highest BCUT2D eigenvalue weighted by Gasteiger charge is 2.24. The molecule has 180 valence electrons. The van der Waals surface area contributed by atoms with E-state index in [0.717, 1.165) is 25.7 Å². The molecule has 1 aromatic carbocycles. The standard InChI is InChI=1S/C23H31N3O6S/c1-3-32-20-6-4-17(5-7-20)14-22(27)25-26(28)16-18-12-13-24-23(15-18)33(29,30)21-10-8-19(31-2)9-11-21/h8-13,15,17,20,28H,3-7,14,16H2,1-2H3,(H,25,27). The highest BCUT2D eigenvalue weighted by molar-refractivity contribution is 7.91. The Bertz CT molecular complexity index is 1020. The molecule has 33 heavy (non-hydrogen) atoms. The minimum absolute atomic E-state index is 0.0844. The summed E-state index contributed by atoms with van der Waals surface area (Å²) in [5.41, 5.74) is 2.93. The normalized spacial score (nSPS) is 18.8. The fourth-order valence-electron chi connectivity index (χ4n) is 3.97. The van der Waals surface area contributed by atoms with Crippen LogP contribution in [0.1, 0.15) is 44.6 Å². The van der Waals surface area contributed by atoms with E-state index in [1.165, 1.54) is 31.5 Å². The van der Waals surface area contributed by atoms with Crippen molar-refractivity contribution >= 4 is 15.7 Å². The molecule has 1 aliphatic rings. The van der Waals surface area contributed by atoms with Gasteiger partial charge in [0.05, 0.1) is 24.7 Å². The number of rotatable bonds is 10. The van der Waals surface area contributed by atoms with Gasteiger partial charge in [-0.25, -0.2) is 13.4 Å². The largest absolute Gasteiger partial charge is 0.497 e. The van der Waals surface area contributed by atoms with E-state index in [1.54, 1.807) is 18.2 Å². The minimum atomic E-state index is -3.84. The van der Waals surface area contributed by atoms with E-state index in [1.807, 2.05) is 6.92 Å². The van der Waals surface area contributed by atoms with E-state index < -0.39 is 9.84 Å². The van der Waals surface area contributed by atoms with E-state index >= 15 is 0 Å². The molecule has 0 unspecified atom stereocenters. The Morgan fingerprint density at radius 2 is 1.88 bits per heavy atom. The quantitative estimate of drug-likeness (QED) is 0.501. The number of pyridine rings is 1. The van der Waals surface area contributed by atoms with E-state index in [2.05, 4.69) is 10.4 Å². The Balaban J connectivity index is 1.55.